The molecule has 7 aromatic carbocycles. The molecular formula is C45H28N4O. The fraction of sp³-hybridized carbons (Fsp3) is 0. The lowest BCUT2D eigenvalue weighted by Crippen LogP contribution is -2.00. The topological polar surface area (TPSA) is 56.7 Å². The van der Waals surface area contributed by atoms with Crippen LogP contribution in [0.25, 0.3) is 94.7 Å². The molecule has 50 heavy (non-hydrogen) atoms. The summed E-state index contributed by atoms with van der Waals surface area (Å²) in [6.45, 7) is 0. The Balaban J connectivity index is 1.23. The maximum Gasteiger partial charge on any atom is 0.164 e. The number of furan rings is 1. The van der Waals surface area contributed by atoms with E-state index in [-0.39, 0.29) is 38.8 Å². The summed E-state index contributed by atoms with van der Waals surface area (Å²) in [4.78, 5) is 14.6. The van der Waals surface area contributed by atoms with Crippen molar-refractivity contribution in [3.8, 4) is 51.0 Å². The largest absolute Gasteiger partial charge is 0.456 e. The van der Waals surface area contributed by atoms with E-state index >= 15 is 0 Å². The minimum Gasteiger partial charge on any atom is -0.456 e. The van der Waals surface area contributed by atoms with Gasteiger partial charge in [0.25, 0.3) is 0 Å². The maximum atomic E-state index is 9.71. The molecule has 3 aromatic heterocycles. The van der Waals surface area contributed by atoms with Crippen molar-refractivity contribution in [2.45, 2.75) is 0 Å². The SMILES string of the molecule is [2H]c1c([2H])c([2H])c(-n2c3c([2H])c([2H])c([2H])c([2H])c3c3c([2H])c([2H])c(-c4cccc(-c5nc(-c6ccccc6)nc(-c6ccc7c(c6)oc6ccccc67)n5)c4)c([2H])c32)c([2H])c1[2H]. The molecule has 0 aliphatic carbocycles. The fourth-order valence-electron chi connectivity index (χ4n) is 6.26. The van der Waals surface area contributed by atoms with Crippen molar-refractivity contribution in [3.05, 3.63) is 170 Å². The number of aromatic nitrogens is 4. The monoisotopic (exact) mass is 652 g/mol. The van der Waals surface area contributed by atoms with Gasteiger partial charge >= 0.3 is 0 Å². The molecule has 0 radical (unpaired) electrons. The molecule has 0 saturated heterocycles. The van der Waals surface area contributed by atoms with E-state index in [1.54, 1.807) is 24.3 Å². The second-order valence-electron chi connectivity index (χ2n) is 11.6. The molecule has 0 aliphatic heterocycles. The first-order valence-corrected chi connectivity index (χ1v) is 15.7. The van der Waals surface area contributed by atoms with E-state index in [9.17, 15) is 4.11 Å². The Morgan fingerprint density at radius 2 is 1.10 bits per heavy atom. The smallest absolute Gasteiger partial charge is 0.164 e. The van der Waals surface area contributed by atoms with Gasteiger partial charge in [-0.15, -0.1) is 0 Å². The molecule has 0 aliphatic rings. The summed E-state index contributed by atoms with van der Waals surface area (Å²) in [6.07, 6.45) is 0. The highest BCUT2D eigenvalue weighted by atomic mass is 16.3. The summed E-state index contributed by atoms with van der Waals surface area (Å²) in [5.74, 6) is 0.977. The summed E-state index contributed by atoms with van der Waals surface area (Å²) in [6, 6.07) is 22.2. The van der Waals surface area contributed by atoms with E-state index in [1.807, 2.05) is 72.8 Å². The lowest BCUT2D eigenvalue weighted by atomic mass is 10.0. The minimum absolute atomic E-state index is 0.0797. The molecule has 0 amide bonds. The summed E-state index contributed by atoms with van der Waals surface area (Å²) in [7, 11) is 0. The number of benzene rings is 7. The quantitative estimate of drug-likeness (QED) is 0.186. The molecule has 0 spiro atoms. The van der Waals surface area contributed by atoms with Gasteiger partial charge in [-0.25, -0.2) is 15.0 Å². The zero-order valence-electron chi connectivity index (χ0n) is 37.9. The number of fused-ring (bicyclic) bond motifs is 6. The second kappa shape index (κ2) is 11.4. The molecule has 3 heterocycles. The van der Waals surface area contributed by atoms with Gasteiger partial charge in [-0.2, -0.15) is 0 Å². The normalized spacial score (nSPS) is 15.0. The van der Waals surface area contributed by atoms with Crippen molar-refractivity contribution in [1.29, 1.82) is 0 Å². The van der Waals surface area contributed by atoms with Crippen molar-refractivity contribution in [2.75, 3.05) is 0 Å². The third kappa shape index (κ3) is 4.67. The first-order chi connectivity index (χ1) is 29.8. The molecular weight excluding hydrogens is 613 g/mol. The van der Waals surface area contributed by atoms with Gasteiger partial charge in [-0.3, -0.25) is 0 Å². The predicted octanol–water partition coefficient (Wildman–Crippen LogP) is 11.5. The minimum atomic E-state index is -0.705. The standard InChI is InChI=1S/C45H28N4O/c1-3-12-29(13-4-1)43-46-44(48-45(47-43)33-23-25-38-37-19-8-10-21-41(37)50-42(38)28-33)32-15-11-14-30(26-32)31-22-24-36-35-18-7-9-20-39(35)49(40(36)27-31)34-16-5-2-6-17-34/h1-28H/i2D,5D,6D,7D,9D,16D,17D,18D,20D,22D,24D,27D. The first kappa shape index (κ1) is 18.6. The molecule has 234 valence electrons. The zero-order chi connectivity index (χ0) is 43.5. The summed E-state index contributed by atoms with van der Waals surface area (Å²) in [5, 5.41) is 1.48. The number of rotatable bonds is 5. The van der Waals surface area contributed by atoms with Crippen LogP contribution in [0.3, 0.4) is 0 Å². The van der Waals surface area contributed by atoms with E-state index in [1.165, 1.54) is 0 Å². The van der Waals surface area contributed by atoms with Crippen LogP contribution in [0, 0.1) is 0 Å². The fourth-order valence-corrected chi connectivity index (χ4v) is 6.26. The van der Waals surface area contributed by atoms with E-state index in [0.29, 0.717) is 28.4 Å². The van der Waals surface area contributed by atoms with Crippen LogP contribution in [0.15, 0.2) is 174 Å². The first-order valence-electron chi connectivity index (χ1n) is 21.7. The Hall–Kier alpha value is -6.85. The summed E-state index contributed by atoms with van der Waals surface area (Å²) < 4.78 is 113. The van der Waals surface area contributed by atoms with Crippen LogP contribution < -0.4 is 0 Å². The molecule has 0 unspecified atom stereocenters. The van der Waals surface area contributed by atoms with Crippen molar-refractivity contribution >= 4 is 43.7 Å². The molecule has 10 rings (SSSR count). The summed E-state index contributed by atoms with van der Waals surface area (Å²) in [5.41, 5.74) is 2.42. The zero-order valence-corrected chi connectivity index (χ0v) is 25.9. The number of hydrogen-bond acceptors (Lipinski definition) is 4. The molecule has 0 saturated carbocycles. The third-order valence-electron chi connectivity index (χ3n) is 8.58. The number of para-hydroxylation sites is 3. The van der Waals surface area contributed by atoms with Crippen LogP contribution in [0.4, 0.5) is 0 Å². The molecule has 10 aromatic rings. The van der Waals surface area contributed by atoms with E-state index in [0.717, 1.165) is 26.5 Å². The van der Waals surface area contributed by atoms with Gasteiger partial charge in [0.1, 0.15) is 11.2 Å². The lowest BCUT2D eigenvalue weighted by Gasteiger charge is -2.11. The highest BCUT2D eigenvalue weighted by molar-refractivity contribution is 6.10. The van der Waals surface area contributed by atoms with Crippen LogP contribution in [-0.2, 0) is 0 Å². The van der Waals surface area contributed by atoms with Gasteiger partial charge in [0.05, 0.1) is 27.5 Å². The van der Waals surface area contributed by atoms with Gasteiger partial charge in [0.2, 0.25) is 0 Å². The Bertz CT molecular complexity index is 3540. The van der Waals surface area contributed by atoms with Gasteiger partial charge in [-0.1, -0.05) is 121 Å². The summed E-state index contributed by atoms with van der Waals surface area (Å²) >= 11 is 0. The number of hydrogen-bond donors (Lipinski definition) is 0. The lowest BCUT2D eigenvalue weighted by molar-refractivity contribution is 0.669. The Kier molecular flexibility index (Phi) is 4.24. The van der Waals surface area contributed by atoms with E-state index in [4.69, 9.17) is 31.7 Å². The molecule has 0 bridgehead atoms. The van der Waals surface area contributed by atoms with Crippen molar-refractivity contribution < 1.29 is 20.9 Å². The Morgan fingerprint density at radius 3 is 1.96 bits per heavy atom. The third-order valence-corrected chi connectivity index (χ3v) is 8.58. The Labute approximate surface area is 304 Å². The van der Waals surface area contributed by atoms with Gasteiger partial charge in [-0.05, 0) is 59.6 Å². The van der Waals surface area contributed by atoms with Crippen LogP contribution in [-0.4, -0.2) is 19.5 Å². The molecule has 5 nitrogen and oxygen atoms in total. The molecule has 0 N–H and O–H groups in total. The van der Waals surface area contributed by atoms with Crippen LogP contribution in [0.2, 0.25) is 0 Å². The van der Waals surface area contributed by atoms with Crippen LogP contribution >= 0.6 is 0 Å². The van der Waals surface area contributed by atoms with Crippen LogP contribution in [0.5, 0.6) is 0 Å². The van der Waals surface area contributed by atoms with E-state index < -0.39 is 78.2 Å². The van der Waals surface area contributed by atoms with Crippen molar-refractivity contribution in [2.24, 2.45) is 0 Å². The van der Waals surface area contributed by atoms with Gasteiger partial charge < -0.3 is 8.98 Å². The highest BCUT2D eigenvalue weighted by Gasteiger charge is 2.16. The predicted molar refractivity (Wildman–Crippen MR) is 203 cm³/mol. The van der Waals surface area contributed by atoms with Crippen molar-refractivity contribution in [1.82, 2.24) is 19.5 Å². The molecule has 0 atom stereocenters. The van der Waals surface area contributed by atoms with E-state index in [2.05, 4.69) is 0 Å². The average Bonchev–Trinajstić information content (AvgIpc) is 3.85. The van der Waals surface area contributed by atoms with Gasteiger partial charge in [0, 0.05) is 43.9 Å². The average molecular weight is 653 g/mol. The second-order valence-corrected chi connectivity index (χ2v) is 11.6. The number of nitrogens with zero attached hydrogens (tertiary/aromatic N) is 4. The molecule has 0 fully saturated rings. The Morgan fingerprint density at radius 1 is 0.440 bits per heavy atom. The molecule has 5 heteroatoms. The maximum absolute atomic E-state index is 9.71. The van der Waals surface area contributed by atoms with Crippen molar-refractivity contribution in [3.63, 3.8) is 0 Å². The van der Waals surface area contributed by atoms with Crippen LogP contribution in [0.1, 0.15) is 16.4 Å². The highest BCUT2D eigenvalue weighted by Crippen LogP contribution is 2.36. The van der Waals surface area contributed by atoms with Gasteiger partial charge in [0.15, 0.2) is 17.5 Å².